The maximum absolute atomic E-state index is 12.4. The van der Waals surface area contributed by atoms with Crippen molar-refractivity contribution in [2.45, 2.75) is 44.9 Å². The van der Waals surface area contributed by atoms with Crippen LogP contribution in [0, 0.1) is 0 Å². The Hall–Kier alpha value is -0.620. The number of carbonyl (C=O) groups is 1. The van der Waals surface area contributed by atoms with Gasteiger partial charge in [0, 0.05) is 37.6 Å². The summed E-state index contributed by atoms with van der Waals surface area (Å²) in [7, 11) is 0. The lowest BCUT2D eigenvalue weighted by Crippen LogP contribution is -2.44. The lowest BCUT2D eigenvalue weighted by atomic mass is 10.00. The lowest BCUT2D eigenvalue weighted by Gasteiger charge is -2.27. The number of piperazine rings is 1. The van der Waals surface area contributed by atoms with Crippen LogP contribution in [0.4, 0.5) is 0 Å². The summed E-state index contributed by atoms with van der Waals surface area (Å²) in [5.41, 5.74) is 1.43. The van der Waals surface area contributed by atoms with Crippen molar-refractivity contribution in [1.82, 2.24) is 15.5 Å². The Bertz CT molecular complexity index is 489. The molecule has 1 fully saturated rings. The number of fused-ring (bicyclic) bond motifs is 1. The van der Waals surface area contributed by atoms with Crippen LogP contribution in [0.25, 0.3) is 0 Å². The van der Waals surface area contributed by atoms with Crippen molar-refractivity contribution in [3.8, 4) is 0 Å². The van der Waals surface area contributed by atoms with E-state index in [9.17, 15) is 4.79 Å². The summed E-state index contributed by atoms with van der Waals surface area (Å²) in [5.74, 6) is 0.127. The van der Waals surface area contributed by atoms with E-state index < -0.39 is 0 Å². The van der Waals surface area contributed by atoms with Gasteiger partial charge in [0.05, 0.1) is 4.88 Å². The lowest BCUT2D eigenvalue weighted by molar-refractivity contribution is 0.0955. The molecule has 3 rings (SSSR count). The number of nitrogens with zero attached hydrogens (tertiary/aromatic N) is 1. The van der Waals surface area contributed by atoms with Crippen molar-refractivity contribution in [2.24, 2.45) is 0 Å². The molecule has 1 saturated heterocycles. The average molecular weight is 372 g/mol. The largest absolute Gasteiger partial charge is 0.351 e. The number of hydrogen-bond acceptors (Lipinski definition) is 4. The number of halogens is 1. The van der Waals surface area contributed by atoms with Gasteiger partial charge in [-0.3, -0.25) is 4.79 Å². The van der Waals surface area contributed by atoms with E-state index in [-0.39, 0.29) is 18.3 Å². The molecule has 0 bridgehead atoms. The highest BCUT2D eigenvalue weighted by molar-refractivity contribution is 7.14. The van der Waals surface area contributed by atoms with Crippen molar-refractivity contribution in [3.05, 3.63) is 21.4 Å². The molecule has 24 heavy (non-hydrogen) atoms. The smallest absolute Gasteiger partial charge is 0.261 e. The monoisotopic (exact) mass is 371 g/mol. The van der Waals surface area contributed by atoms with Crippen molar-refractivity contribution in [3.63, 3.8) is 0 Å². The fourth-order valence-electron chi connectivity index (χ4n) is 3.48. The molecule has 0 spiro atoms. The number of aryl methyl sites for hydroxylation is 2. The fourth-order valence-corrected chi connectivity index (χ4v) is 4.65. The number of hydrogen-bond donors (Lipinski definition) is 2. The van der Waals surface area contributed by atoms with E-state index in [4.69, 9.17) is 0 Å². The second-order valence-electron chi connectivity index (χ2n) is 6.67. The summed E-state index contributed by atoms with van der Waals surface area (Å²) in [4.78, 5) is 17.2. The Morgan fingerprint density at radius 3 is 2.71 bits per heavy atom. The Morgan fingerprint density at radius 2 is 1.92 bits per heavy atom. The van der Waals surface area contributed by atoms with Crippen LogP contribution in [0.15, 0.2) is 6.07 Å². The third kappa shape index (κ3) is 5.73. The third-order valence-electron chi connectivity index (χ3n) is 4.87. The van der Waals surface area contributed by atoms with Crippen LogP contribution in [0.3, 0.4) is 0 Å². The van der Waals surface area contributed by atoms with Crippen LogP contribution < -0.4 is 10.6 Å². The minimum absolute atomic E-state index is 0. The van der Waals surface area contributed by atoms with Gasteiger partial charge in [-0.15, -0.1) is 23.7 Å². The molecular weight excluding hydrogens is 342 g/mol. The van der Waals surface area contributed by atoms with Gasteiger partial charge in [0.15, 0.2) is 0 Å². The average Bonchev–Trinajstić information content (AvgIpc) is 2.95. The molecule has 2 N–H and O–H groups in total. The summed E-state index contributed by atoms with van der Waals surface area (Å²) < 4.78 is 0. The van der Waals surface area contributed by atoms with Gasteiger partial charge >= 0.3 is 0 Å². The van der Waals surface area contributed by atoms with Gasteiger partial charge in [-0.25, -0.2) is 0 Å². The molecule has 0 aromatic carbocycles. The SMILES string of the molecule is Cl.O=C(NCCCN1CCNCC1)c1cc2c(s1)CCCCCC2. The van der Waals surface area contributed by atoms with E-state index >= 15 is 0 Å². The Morgan fingerprint density at radius 1 is 1.17 bits per heavy atom. The molecule has 0 saturated carbocycles. The normalized spacial score (nSPS) is 18.8. The molecule has 0 unspecified atom stereocenters. The molecule has 1 aliphatic carbocycles. The predicted octanol–water partition coefficient (Wildman–Crippen LogP) is 2.85. The van der Waals surface area contributed by atoms with Crippen LogP contribution in [-0.2, 0) is 12.8 Å². The van der Waals surface area contributed by atoms with Crippen molar-refractivity contribution in [1.29, 1.82) is 0 Å². The van der Waals surface area contributed by atoms with Crippen LogP contribution in [-0.4, -0.2) is 50.1 Å². The molecule has 2 aliphatic rings. The first-order valence-electron chi connectivity index (χ1n) is 9.16. The summed E-state index contributed by atoms with van der Waals surface area (Å²) in [5, 5.41) is 6.48. The van der Waals surface area contributed by atoms with Gasteiger partial charge in [0.2, 0.25) is 0 Å². The first-order valence-corrected chi connectivity index (χ1v) is 9.97. The highest BCUT2D eigenvalue weighted by Crippen LogP contribution is 2.28. The van der Waals surface area contributed by atoms with Crippen LogP contribution in [0.1, 0.15) is 52.2 Å². The zero-order valence-corrected chi connectivity index (χ0v) is 16.1. The Kier molecular flexibility index (Phi) is 8.53. The Balaban J connectivity index is 0.00000208. The van der Waals surface area contributed by atoms with Gasteiger partial charge in [-0.2, -0.15) is 0 Å². The molecule has 1 aromatic heterocycles. The van der Waals surface area contributed by atoms with Gasteiger partial charge in [-0.05, 0) is 50.3 Å². The zero-order valence-electron chi connectivity index (χ0n) is 14.4. The molecule has 1 aliphatic heterocycles. The summed E-state index contributed by atoms with van der Waals surface area (Å²) in [6, 6.07) is 2.15. The van der Waals surface area contributed by atoms with Gasteiger partial charge in [0.25, 0.3) is 5.91 Å². The molecule has 6 heteroatoms. The Labute approximate surface area is 155 Å². The van der Waals surface area contributed by atoms with E-state index in [0.29, 0.717) is 0 Å². The second kappa shape index (κ2) is 10.4. The predicted molar refractivity (Wildman–Crippen MR) is 104 cm³/mol. The highest BCUT2D eigenvalue weighted by atomic mass is 35.5. The first-order chi connectivity index (χ1) is 11.3. The summed E-state index contributed by atoms with van der Waals surface area (Å²) in [6.45, 7) is 6.31. The van der Waals surface area contributed by atoms with E-state index in [2.05, 4.69) is 21.6 Å². The molecule has 4 nitrogen and oxygen atoms in total. The van der Waals surface area contributed by atoms with E-state index in [1.54, 1.807) is 11.3 Å². The van der Waals surface area contributed by atoms with Gasteiger partial charge in [0.1, 0.15) is 0 Å². The third-order valence-corrected chi connectivity index (χ3v) is 6.10. The van der Waals surface area contributed by atoms with Gasteiger partial charge in [-0.1, -0.05) is 12.8 Å². The van der Waals surface area contributed by atoms with Crippen LogP contribution in [0.2, 0.25) is 0 Å². The fraction of sp³-hybridized carbons (Fsp3) is 0.722. The van der Waals surface area contributed by atoms with Crippen molar-refractivity contribution in [2.75, 3.05) is 39.3 Å². The minimum atomic E-state index is 0. The maximum Gasteiger partial charge on any atom is 0.261 e. The quantitative estimate of drug-likeness (QED) is 0.782. The molecule has 136 valence electrons. The van der Waals surface area contributed by atoms with E-state index in [1.165, 1.54) is 36.1 Å². The molecule has 1 amide bonds. The standard InChI is InChI=1S/C18H29N3OS.ClH/c22-18(20-8-5-11-21-12-9-19-10-13-21)17-14-15-6-3-1-2-4-7-16(15)23-17;/h14,19H,1-13H2,(H,20,22);1H. The number of rotatable bonds is 5. The first kappa shape index (κ1) is 19.7. The minimum Gasteiger partial charge on any atom is -0.351 e. The van der Waals surface area contributed by atoms with Crippen LogP contribution in [0.5, 0.6) is 0 Å². The number of amides is 1. The number of thiophene rings is 1. The number of nitrogens with one attached hydrogen (secondary N) is 2. The summed E-state index contributed by atoms with van der Waals surface area (Å²) in [6.07, 6.45) is 8.58. The molecule has 1 aromatic rings. The molecule has 2 heterocycles. The maximum atomic E-state index is 12.4. The van der Waals surface area contributed by atoms with E-state index in [0.717, 1.165) is 63.4 Å². The highest BCUT2D eigenvalue weighted by Gasteiger charge is 2.16. The molecule has 0 atom stereocenters. The zero-order chi connectivity index (χ0) is 15.9. The molecular formula is C18H30ClN3OS. The molecule has 0 radical (unpaired) electrons. The van der Waals surface area contributed by atoms with Crippen molar-refractivity contribution < 1.29 is 4.79 Å². The number of carbonyl (C=O) groups excluding carboxylic acids is 1. The van der Waals surface area contributed by atoms with Gasteiger partial charge < -0.3 is 15.5 Å². The van der Waals surface area contributed by atoms with Crippen molar-refractivity contribution >= 4 is 29.7 Å². The topological polar surface area (TPSA) is 44.4 Å². The second-order valence-corrected chi connectivity index (χ2v) is 7.81. The summed E-state index contributed by atoms with van der Waals surface area (Å²) >= 11 is 1.72. The van der Waals surface area contributed by atoms with Crippen LogP contribution >= 0.6 is 23.7 Å². The van der Waals surface area contributed by atoms with E-state index in [1.807, 2.05) is 0 Å².